The molecule has 2 rings (SSSR count). The molecular weight excluding hydrogens is 236 g/mol. The van der Waals surface area contributed by atoms with E-state index in [9.17, 15) is 9.90 Å². The van der Waals surface area contributed by atoms with Gasteiger partial charge in [-0.2, -0.15) is 0 Å². The van der Waals surface area contributed by atoms with E-state index in [0.717, 1.165) is 0 Å². The van der Waals surface area contributed by atoms with Gasteiger partial charge in [0.1, 0.15) is 5.82 Å². The van der Waals surface area contributed by atoms with Gasteiger partial charge in [0.25, 0.3) is 0 Å². The fourth-order valence-electron chi connectivity index (χ4n) is 1.84. The summed E-state index contributed by atoms with van der Waals surface area (Å²) in [5, 5.41) is 22.1. The lowest BCUT2D eigenvalue weighted by Crippen LogP contribution is -2.42. The molecule has 0 radical (unpaired) electrons. The maximum absolute atomic E-state index is 10.8. The van der Waals surface area contributed by atoms with Crippen molar-refractivity contribution in [1.29, 1.82) is 0 Å². The molecule has 3 N–H and O–H groups in total. The number of hydrogen-bond acceptors (Lipinski definition) is 5. The molecule has 0 atom stereocenters. The number of carboxylic acid groups (broad SMARTS) is 1. The van der Waals surface area contributed by atoms with Gasteiger partial charge in [-0.25, -0.2) is 9.78 Å². The van der Waals surface area contributed by atoms with Gasteiger partial charge in [-0.1, -0.05) is 0 Å². The second kappa shape index (κ2) is 5.32. The van der Waals surface area contributed by atoms with E-state index in [2.05, 4.69) is 10.3 Å². The first-order chi connectivity index (χ1) is 8.59. The first kappa shape index (κ1) is 12.8. The number of carbonyl (C=O) groups is 1. The molecule has 1 saturated heterocycles. The number of aromatic carboxylic acids is 1. The number of rotatable bonds is 4. The summed E-state index contributed by atoms with van der Waals surface area (Å²) < 4.78 is 5.19. The number of nitrogens with one attached hydrogen (secondary N) is 1. The normalized spacial score (nSPS) is 18.3. The third kappa shape index (κ3) is 3.18. The van der Waals surface area contributed by atoms with Crippen molar-refractivity contribution in [3.8, 4) is 0 Å². The summed E-state index contributed by atoms with van der Waals surface area (Å²) in [6.07, 6.45) is 2.57. The highest BCUT2D eigenvalue weighted by Crippen LogP contribution is 2.20. The number of ether oxygens (including phenoxy) is 1. The third-order valence-corrected chi connectivity index (χ3v) is 3.03. The Hall–Kier alpha value is -1.66. The van der Waals surface area contributed by atoms with Crippen LogP contribution in [0.4, 0.5) is 5.82 Å². The minimum Gasteiger partial charge on any atom is -0.478 e. The summed E-state index contributed by atoms with van der Waals surface area (Å²) >= 11 is 0. The first-order valence-electron chi connectivity index (χ1n) is 5.82. The van der Waals surface area contributed by atoms with Crippen LogP contribution in [0.15, 0.2) is 18.3 Å². The standard InChI is InChI=1S/C12H16N2O4/c15-11(16)9-1-4-13-10(7-9)14-8-12(17)2-5-18-6-3-12/h1,4,7,17H,2-3,5-6,8H2,(H,13,14)(H,15,16). The van der Waals surface area contributed by atoms with E-state index in [1.165, 1.54) is 18.3 Å². The Morgan fingerprint density at radius 1 is 1.50 bits per heavy atom. The predicted octanol–water partition coefficient (Wildman–Crippen LogP) is 0.733. The van der Waals surface area contributed by atoms with Crippen LogP contribution >= 0.6 is 0 Å². The molecule has 1 aliphatic rings. The number of carboxylic acids is 1. The summed E-state index contributed by atoms with van der Waals surface area (Å²) in [5.41, 5.74) is -0.634. The van der Waals surface area contributed by atoms with E-state index in [4.69, 9.17) is 9.84 Å². The minimum atomic E-state index is -0.995. The average Bonchev–Trinajstić information content (AvgIpc) is 2.38. The molecule has 0 spiro atoms. The summed E-state index contributed by atoms with van der Waals surface area (Å²) in [7, 11) is 0. The Kier molecular flexibility index (Phi) is 3.78. The molecule has 1 aliphatic heterocycles. The summed E-state index contributed by atoms with van der Waals surface area (Å²) in [5.74, 6) is -0.542. The number of aromatic nitrogens is 1. The van der Waals surface area contributed by atoms with Crippen molar-refractivity contribution in [2.24, 2.45) is 0 Å². The molecule has 1 fully saturated rings. The van der Waals surface area contributed by atoms with Crippen molar-refractivity contribution in [3.05, 3.63) is 23.9 Å². The lowest BCUT2D eigenvalue weighted by Gasteiger charge is -2.32. The predicted molar refractivity (Wildman–Crippen MR) is 64.7 cm³/mol. The maximum Gasteiger partial charge on any atom is 0.335 e. The second-order valence-corrected chi connectivity index (χ2v) is 4.43. The molecular formula is C12H16N2O4. The van der Waals surface area contributed by atoms with Crippen LogP contribution in [0.5, 0.6) is 0 Å². The number of nitrogens with zero attached hydrogens (tertiary/aromatic N) is 1. The molecule has 6 heteroatoms. The molecule has 0 unspecified atom stereocenters. The minimum absolute atomic E-state index is 0.173. The second-order valence-electron chi connectivity index (χ2n) is 4.43. The lowest BCUT2D eigenvalue weighted by atomic mass is 9.94. The third-order valence-electron chi connectivity index (χ3n) is 3.03. The van der Waals surface area contributed by atoms with Gasteiger partial charge in [0.2, 0.25) is 0 Å². The smallest absolute Gasteiger partial charge is 0.335 e. The zero-order chi connectivity index (χ0) is 13.0. The van der Waals surface area contributed by atoms with Crippen LogP contribution in [0.2, 0.25) is 0 Å². The molecule has 0 aromatic carbocycles. The molecule has 1 aromatic heterocycles. The van der Waals surface area contributed by atoms with E-state index in [1.807, 2.05) is 0 Å². The van der Waals surface area contributed by atoms with Gasteiger partial charge in [0.15, 0.2) is 0 Å². The molecule has 1 aromatic rings. The number of hydrogen-bond donors (Lipinski definition) is 3. The molecule has 2 heterocycles. The van der Waals surface area contributed by atoms with E-state index in [0.29, 0.717) is 38.4 Å². The lowest BCUT2D eigenvalue weighted by molar-refractivity contribution is -0.0543. The molecule has 0 amide bonds. The average molecular weight is 252 g/mol. The highest BCUT2D eigenvalue weighted by molar-refractivity contribution is 5.88. The van der Waals surface area contributed by atoms with Gasteiger partial charge in [0, 0.05) is 38.8 Å². The number of anilines is 1. The quantitative estimate of drug-likeness (QED) is 0.731. The monoisotopic (exact) mass is 252 g/mol. The van der Waals surface area contributed by atoms with E-state index < -0.39 is 11.6 Å². The topological polar surface area (TPSA) is 91.7 Å². The van der Waals surface area contributed by atoms with Crippen molar-refractivity contribution < 1.29 is 19.7 Å². The highest BCUT2D eigenvalue weighted by atomic mass is 16.5. The molecule has 0 aliphatic carbocycles. The van der Waals surface area contributed by atoms with E-state index >= 15 is 0 Å². The molecule has 98 valence electrons. The van der Waals surface area contributed by atoms with Crippen LogP contribution in [0.3, 0.4) is 0 Å². The van der Waals surface area contributed by atoms with Crippen LogP contribution in [-0.2, 0) is 4.74 Å². The van der Waals surface area contributed by atoms with Crippen LogP contribution < -0.4 is 5.32 Å². The van der Waals surface area contributed by atoms with Crippen molar-refractivity contribution in [2.45, 2.75) is 18.4 Å². The van der Waals surface area contributed by atoms with Gasteiger partial charge < -0.3 is 20.3 Å². The SMILES string of the molecule is O=C(O)c1ccnc(NCC2(O)CCOCC2)c1. The van der Waals surface area contributed by atoms with Gasteiger partial charge in [0.05, 0.1) is 11.2 Å². The highest BCUT2D eigenvalue weighted by Gasteiger charge is 2.29. The Balaban J connectivity index is 1.97. The van der Waals surface area contributed by atoms with Gasteiger partial charge >= 0.3 is 5.97 Å². The largest absolute Gasteiger partial charge is 0.478 e. The summed E-state index contributed by atoms with van der Waals surface area (Å²) in [4.78, 5) is 14.8. The van der Waals surface area contributed by atoms with Crippen molar-refractivity contribution in [3.63, 3.8) is 0 Å². The Labute approximate surface area is 105 Å². The van der Waals surface area contributed by atoms with Crippen molar-refractivity contribution in [2.75, 3.05) is 25.1 Å². The first-order valence-corrected chi connectivity index (χ1v) is 5.82. The molecule has 0 saturated carbocycles. The fourth-order valence-corrected chi connectivity index (χ4v) is 1.84. The fraction of sp³-hybridized carbons (Fsp3) is 0.500. The Morgan fingerprint density at radius 3 is 2.89 bits per heavy atom. The van der Waals surface area contributed by atoms with Crippen LogP contribution in [-0.4, -0.2) is 46.5 Å². The van der Waals surface area contributed by atoms with E-state index in [1.54, 1.807) is 0 Å². The summed E-state index contributed by atoms with van der Waals surface area (Å²) in [6.45, 7) is 1.42. The van der Waals surface area contributed by atoms with Crippen molar-refractivity contribution in [1.82, 2.24) is 4.98 Å². The molecule has 0 bridgehead atoms. The van der Waals surface area contributed by atoms with Crippen LogP contribution in [0.25, 0.3) is 0 Å². The Bertz CT molecular complexity index is 430. The van der Waals surface area contributed by atoms with Crippen LogP contribution in [0, 0.1) is 0 Å². The summed E-state index contributed by atoms with van der Waals surface area (Å²) in [6, 6.07) is 2.88. The number of pyridine rings is 1. The number of aliphatic hydroxyl groups is 1. The molecule has 18 heavy (non-hydrogen) atoms. The molecule has 6 nitrogen and oxygen atoms in total. The zero-order valence-corrected chi connectivity index (χ0v) is 9.93. The van der Waals surface area contributed by atoms with Gasteiger partial charge in [-0.15, -0.1) is 0 Å². The van der Waals surface area contributed by atoms with Crippen molar-refractivity contribution >= 4 is 11.8 Å². The van der Waals surface area contributed by atoms with Crippen LogP contribution in [0.1, 0.15) is 23.2 Å². The van der Waals surface area contributed by atoms with E-state index in [-0.39, 0.29) is 5.56 Å². The zero-order valence-electron chi connectivity index (χ0n) is 9.93. The van der Waals surface area contributed by atoms with Gasteiger partial charge in [-0.05, 0) is 12.1 Å². The van der Waals surface area contributed by atoms with Gasteiger partial charge in [-0.3, -0.25) is 0 Å². The Morgan fingerprint density at radius 2 is 2.22 bits per heavy atom. The maximum atomic E-state index is 10.8.